The van der Waals surface area contributed by atoms with Crippen LogP contribution in [0.4, 0.5) is 11.4 Å². The molecule has 0 unspecified atom stereocenters. The van der Waals surface area contributed by atoms with Gasteiger partial charge in [-0.3, -0.25) is 24.6 Å². The van der Waals surface area contributed by atoms with E-state index in [9.17, 15) is 19.5 Å². The largest absolute Gasteiger partial charge is 0.508 e. The number of hydrogen-bond acceptors (Lipinski definition) is 7. The lowest BCUT2D eigenvalue weighted by Crippen LogP contribution is -2.52. The SMILES string of the molecule is O=C1CC[C@H](N2Cc3cc(N4CCN(CC5CCN(c6ccc([C@H]7c8ccc(O)cc8CC[C@H]7c7ccc8c(c7)CCCC8)cc6)CC5)CC4)ccc3C2=O)C(=O)N1. The lowest BCUT2D eigenvalue weighted by Gasteiger charge is -2.40. The Hall–Kier alpha value is -5.15. The molecule has 58 heavy (non-hydrogen) atoms. The van der Waals surface area contributed by atoms with Crippen molar-refractivity contribution < 1.29 is 19.5 Å². The van der Waals surface area contributed by atoms with Crippen molar-refractivity contribution in [1.29, 1.82) is 0 Å². The zero-order valence-corrected chi connectivity index (χ0v) is 33.5. The predicted octanol–water partition coefficient (Wildman–Crippen LogP) is 6.93. The normalized spacial score (nSPS) is 24.0. The summed E-state index contributed by atoms with van der Waals surface area (Å²) in [5.41, 5.74) is 12.7. The molecule has 4 heterocycles. The van der Waals surface area contributed by atoms with E-state index in [0.29, 0.717) is 36.1 Å². The van der Waals surface area contributed by atoms with Crippen molar-refractivity contribution in [2.24, 2.45) is 5.92 Å². The molecule has 0 aromatic heterocycles. The van der Waals surface area contributed by atoms with Gasteiger partial charge in [0.1, 0.15) is 11.8 Å². The standard InChI is InChI=1S/C49H55N5O4/c55-41-13-16-43-37(29-41)9-14-42(36-6-5-33-3-1-2-4-35(33)27-36)47(43)34-7-10-39(11-8-34)52-21-19-32(20-22-52)30-51-23-25-53(26-24-51)40-12-15-44-38(28-40)31-54(49(44)58)45-17-18-46(56)50-48(45)57/h5-8,10-13,15-16,27-29,32,42,45,47,55H,1-4,9,14,17-26,30-31H2,(H,50,56,57)/t42-,45-,47+/m0/s1. The molecule has 2 aliphatic carbocycles. The minimum atomic E-state index is -0.585. The number of phenolic OH excluding ortho intramolecular Hbond substituents is 1. The molecule has 3 amide bonds. The van der Waals surface area contributed by atoms with Gasteiger partial charge in [-0.2, -0.15) is 0 Å². The molecule has 0 radical (unpaired) electrons. The molecule has 0 spiro atoms. The molecule has 6 aliphatic rings. The highest BCUT2D eigenvalue weighted by Crippen LogP contribution is 2.48. The lowest BCUT2D eigenvalue weighted by molar-refractivity contribution is -0.136. The topological polar surface area (TPSA) is 96.4 Å². The number of carbonyl (C=O) groups is 3. The van der Waals surface area contributed by atoms with E-state index in [1.165, 1.54) is 66.5 Å². The number of benzene rings is 4. The number of aryl methyl sites for hydroxylation is 3. The third kappa shape index (κ3) is 7.16. The summed E-state index contributed by atoms with van der Waals surface area (Å²) in [6.45, 7) is 7.67. The Kier molecular flexibility index (Phi) is 9.96. The molecule has 9 heteroatoms. The second-order valence-electron chi connectivity index (χ2n) is 17.8. The fourth-order valence-electron chi connectivity index (χ4n) is 11.1. The number of imide groups is 1. The minimum absolute atomic E-state index is 0.119. The Balaban J connectivity index is 0.742. The number of piperidine rings is 2. The van der Waals surface area contributed by atoms with Gasteiger partial charge in [0.25, 0.3) is 5.91 Å². The number of fused-ring (bicyclic) bond motifs is 3. The summed E-state index contributed by atoms with van der Waals surface area (Å²) >= 11 is 0. The van der Waals surface area contributed by atoms with Gasteiger partial charge in [-0.25, -0.2) is 0 Å². The molecule has 4 aromatic rings. The number of aromatic hydroxyl groups is 1. The first-order valence-electron chi connectivity index (χ1n) is 21.9. The molecule has 300 valence electrons. The molecule has 3 saturated heterocycles. The van der Waals surface area contributed by atoms with Crippen LogP contribution in [0.2, 0.25) is 0 Å². The number of nitrogens with zero attached hydrogens (tertiary/aromatic N) is 4. The molecule has 9 nitrogen and oxygen atoms in total. The van der Waals surface area contributed by atoms with Crippen LogP contribution in [-0.4, -0.2) is 84.5 Å². The average Bonchev–Trinajstić information content (AvgIpc) is 3.58. The lowest BCUT2D eigenvalue weighted by atomic mass is 9.68. The number of carbonyl (C=O) groups excluding carboxylic acids is 3. The van der Waals surface area contributed by atoms with Gasteiger partial charge in [-0.15, -0.1) is 0 Å². The van der Waals surface area contributed by atoms with Crippen molar-refractivity contribution in [3.05, 3.63) is 123 Å². The van der Waals surface area contributed by atoms with Crippen LogP contribution in [0.3, 0.4) is 0 Å². The maximum atomic E-state index is 13.2. The van der Waals surface area contributed by atoms with Gasteiger partial charge < -0.3 is 19.8 Å². The summed E-state index contributed by atoms with van der Waals surface area (Å²) in [4.78, 5) is 46.6. The van der Waals surface area contributed by atoms with E-state index >= 15 is 0 Å². The van der Waals surface area contributed by atoms with Crippen molar-refractivity contribution in [1.82, 2.24) is 15.1 Å². The number of nitrogens with one attached hydrogen (secondary N) is 1. The van der Waals surface area contributed by atoms with Gasteiger partial charge in [0.15, 0.2) is 0 Å². The van der Waals surface area contributed by atoms with Crippen molar-refractivity contribution in [3.8, 4) is 5.75 Å². The van der Waals surface area contributed by atoms with Crippen LogP contribution in [0, 0.1) is 5.92 Å². The highest BCUT2D eigenvalue weighted by atomic mass is 16.3. The first-order valence-corrected chi connectivity index (χ1v) is 21.9. The van der Waals surface area contributed by atoms with Gasteiger partial charge in [0.05, 0.1) is 0 Å². The maximum Gasteiger partial charge on any atom is 0.255 e. The molecule has 10 rings (SSSR count). The number of phenols is 1. The molecular weight excluding hydrogens is 723 g/mol. The zero-order chi connectivity index (χ0) is 39.3. The van der Waals surface area contributed by atoms with E-state index in [1.807, 2.05) is 18.2 Å². The first-order chi connectivity index (χ1) is 28.3. The Bertz CT molecular complexity index is 2220. The molecule has 4 aliphatic heterocycles. The van der Waals surface area contributed by atoms with E-state index < -0.39 is 6.04 Å². The van der Waals surface area contributed by atoms with Crippen LogP contribution in [0.5, 0.6) is 5.75 Å². The number of amides is 3. The molecule has 0 saturated carbocycles. The predicted molar refractivity (Wildman–Crippen MR) is 227 cm³/mol. The van der Waals surface area contributed by atoms with Crippen LogP contribution in [0.25, 0.3) is 0 Å². The van der Waals surface area contributed by atoms with E-state index in [0.717, 1.165) is 69.9 Å². The quantitative estimate of drug-likeness (QED) is 0.197. The van der Waals surface area contributed by atoms with Gasteiger partial charge in [0.2, 0.25) is 11.8 Å². The second-order valence-corrected chi connectivity index (χ2v) is 17.8. The number of piperazine rings is 1. The molecule has 3 atom stereocenters. The molecule has 0 bridgehead atoms. The van der Waals surface area contributed by atoms with Crippen molar-refractivity contribution in [3.63, 3.8) is 0 Å². The van der Waals surface area contributed by atoms with Gasteiger partial charge in [0, 0.05) is 81.6 Å². The maximum absolute atomic E-state index is 13.2. The first kappa shape index (κ1) is 37.1. The van der Waals surface area contributed by atoms with E-state index in [2.05, 4.69) is 80.7 Å². The molecular formula is C49H55N5O4. The van der Waals surface area contributed by atoms with Crippen LogP contribution >= 0.6 is 0 Å². The van der Waals surface area contributed by atoms with Crippen molar-refractivity contribution >= 4 is 29.1 Å². The monoisotopic (exact) mass is 777 g/mol. The smallest absolute Gasteiger partial charge is 0.255 e. The fraction of sp³-hybridized carbons (Fsp3) is 0.449. The van der Waals surface area contributed by atoms with Crippen molar-refractivity contribution in [2.75, 3.05) is 55.6 Å². The summed E-state index contributed by atoms with van der Waals surface area (Å²) in [6.07, 6.45) is 10.1. The van der Waals surface area contributed by atoms with Gasteiger partial charge in [-0.05, 0) is 151 Å². The number of anilines is 2. The molecule has 3 fully saturated rings. The third-order valence-corrected chi connectivity index (χ3v) is 14.4. The Morgan fingerprint density at radius 2 is 1.36 bits per heavy atom. The summed E-state index contributed by atoms with van der Waals surface area (Å²) in [7, 11) is 0. The summed E-state index contributed by atoms with van der Waals surface area (Å²) in [5.74, 6) is 0.998. The molecule has 2 N–H and O–H groups in total. The third-order valence-electron chi connectivity index (χ3n) is 14.4. The number of hydrogen-bond donors (Lipinski definition) is 2. The summed E-state index contributed by atoms with van der Waals surface area (Å²) in [6, 6.07) is 28.4. The summed E-state index contributed by atoms with van der Waals surface area (Å²) in [5, 5.41) is 12.7. The van der Waals surface area contributed by atoms with Crippen molar-refractivity contribution in [2.45, 2.75) is 88.6 Å². The molecule has 4 aromatic carbocycles. The fourth-order valence-corrected chi connectivity index (χ4v) is 11.1. The Morgan fingerprint density at radius 1 is 0.621 bits per heavy atom. The second kappa shape index (κ2) is 15.6. The van der Waals surface area contributed by atoms with Crippen LogP contribution < -0.4 is 15.1 Å². The zero-order valence-electron chi connectivity index (χ0n) is 33.5. The van der Waals surface area contributed by atoms with Crippen LogP contribution in [0.15, 0.2) is 78.9 Å². The minimum Gasteiger partial charge on any atom is -0.508 e. The average molecular weight is 778 g/mol. The van der Waals surface area contributed by atoms with Gasteiger partial charge >= 0.3 is 0 Å². The highest BCUT2D eigenvalue weighted by molar-refractivity contribution is 6.05. The summed E-state index contributed by atoms with van der Waals surface area (Å²) < 4.78 is 0. The Labute approximate surface area is 342 Å². The van der Waals surface area contributed by atoms with Gasteiger partial charge in [-0.1, -0.05) is 36.4 Å². The van der Waals surface area contributed by atoms with E-state index in [1.54, 1.807) is 16.0 Å². The van der Waals surface area contributed by atoms with E-state index in [-0.39, 0.29) is 30.1 Å². The van der Waals surface area contributed by atoms with E-state index in [4.69, 9.17) is 0 Å². The Morgan fingerprint density at radius 3 is 2.16 bits per heavy atom. The van der Waals surface area contributed by atoms with Crippen LogP contribution in [0.1, 0.15) is 106 Å². The van der Waals surface area contributed by atoms with Crippen LogP contribution in [-0.2, 0) is 35.4 Å². The highest BCUT2D eigenvalue weighted by Gasteiger charge is 2.39. The number of rotatable bonds is 7.